The fraction of sp³-hybridized carbons (Fsp3) is 0.111. The standard InChI is InChI=1S/C18H13F4NO2S/c19-17-10-12(6-9-16(17)18(20,21)22)15-3-1-2-14(15)11-4-7-13(8-5-11)26(23,24)25/h2-10H,1H2,(H2,23,24,25). The summed E-state index contributed by atoms with van der Waals surface area (Å²) in [6.45, 7) is 0. The predicted octanol–water partition coefficient (Wildman–Crippen LogP) is 4.36. The molecule has 0 heterocycles. The Morgan fingerprint density at radius 3 is 1.92 bits per heavy atom. The van der Waals surface area contributed by atoms with Crippen molar-refractivity contribution in [1.82, 2.24) is 0 Å². The lowest BCUT2D eigenvalue weighted by molar-refractivity contribution is -0.140. The van der Waals surface area contributed by atoms with Crippen molar-refractivity contribution in [2.24, 2.45) is 5.14 Å². The normalized spacial score (nSPS) is 15.0. The second kappa shape index (κ2) is 6.37. The van der Waals surface area contributed by atoms with Crippen LogP contribution in [0.4, 0.5) is 17.6 Å². The number of nitrogens with two attached hydrogens (primary N) is 1. The summed E-state index contributed by atoms with van der Waals surface area (Å²) in [5.74, 6) is -1.34. The Kier molecular flexibility index (Phi) is 4.49. The van der Waals surface area contributed by atoms with E-state index in [1.165, 1.54) is 18.2 Å². The molecule has 1 aliphatic rings. The fourth-order valence-corrected chi connectivity index (χ4v) is 3.31. The zero-order valence-electron chi connectivity index (χ0n) is 13.2. The van der Waals surface area contributed by atoms with Crippen molar-refractivity contribution < 1.29 is 26.0 Å². The van der Waals surface area contributed by atoms with Crippen LogP contribution in [0.15, 0.2) is 59.5 Å². The van der Waals surface area contributed by atoms with E-state index in [9.17, 15) is 26.0 Å². The van der Waals surface area contributed by atoms with Gasteiger partial charge in [0.2, 0.25) is 10.0 Å². The molecule has 2 aromatic carbocycles. The first-order valence-corrected chi connectivity index (χ1v) is 9.03. The van der Waals surface area contributed by atoms with Crippen LogP contribution in [0.5, 0.6) is 0 Å². The van der Waals surface area contributed by atoms with Crippen molar-refractivity contribution in [2.45, 2.75) is 17.5 Å². The summed E-state index contributed by atoms with van der Waals surface area (Å²) in [6, 6.07) is 8.56. The van der Waals surface area contributed by atoms with E-state index in [1.54, 1.807) is 18.2 Å². The summed E-state index contributed by atoms with van der Waals surface area (Å²) >= 11 is 0. The van der Waals surface area contributed by atoms with E-state index in [-0.39, 0.29) is 4.90 Å². The molecule has 0 unspecified atom stereocenters. The minimum Gasteiger partial charge on any atom is -0.225 e. The van der Waals surface area contributed by atoms with Gasteiger partial charge in [0.05, 0.1) is 10.5 Å². The van der Waals surface area contributed by atoms with Gasteiger partial charge in [-0.1, -0.05) is 30.4 Å². The molecule has 0 saturated heterocycles. The molecule has 2 aromatic rings. The molecule has 0 bridgehead atoms. The molecule has 2 N–H and O–H groups in total. The lowest BCUT2D eigenvalue weighted by Gasteiger charge is -2.13. The molecule has 26 heavy (non-hydrogen) atoms. The van der Waals surface area contributed by atoms with Crippen LogP contribution in [0.25, 0.3) is 11.1 Å². The first-order valence-electron chi connectivity index (χ1n) is 7.48. The predicted molar refractivity (Wildman–Crippen MR) is 89.8 cm³/mol. The topological polar surface area (TPSA) is 60.2 Å². The van der Waals surface area contributed by atoms with Crippen LogP contribution in [0.1, 0.15) is 23.1 Å². The molecule has 0 atom stereocenters. The van der Waals surface area contributed by atoms with Crippen LogP contribution in [-0.2, 0) is 16.2 Å². The second-order valence-corrected chi connectivity index (χ2v) is 7.29. The number of sulfonamides is 1. The van der Waals surface area contributed by atoms with Gasteiger partial charge in [0.15, 0.2) is 0 Å². The maximum absolute atomic E-state index is 13.9. The number of benzene rings is 2. The molecular formula is C18H13F4NO2S. The van der Waals surface area contributed by atoms with Gasteiger partial charge in [-0.05, 0) is 53.0 Å². The van der Waals surface area contributed by atoms with Gasteiger partial charge < -0.3 is 0 Å². The Morgan fingerprint density at radius 1 is 0.885 bits per heavy atom. The molecule has 3 nitrogen and oxygen atoms in total. The monoisotopic (exact) mass is 383 g/mol. The molecule has 0 amide bonds. The van der Waals surface area contributed by atoms with Crippen molar-refractivity contribution >= 4 is 21.2 Å². The van der Waals surface area contributed by atoms with E-state index in [0.717, 1.165) is 6.07 Å². The van der Waals surface area contributed by atoms with Gasteiger partial charge in [-0.2, -0.15) is 13.2 Å². The highest BCUT2D eigenvalue weighted by Crippen LogP contribution is 2.38. The molecule has 0 fully saturated rings. The third-order valence-electron chi connectivity index (χ3n) is 4.01. The Morgan fingerprint density at radius 2 is 1.42 bits per heavy atom. The van der Waals surface area contributed by atoms with Crippen molar-refractivity contribution in [3.8, 4) is 0 Å². The minimum atomic E-state index is -4.76. The molecule has 0 radical (unpaired) electrons. The van der Waals surface area contributed by atoms with Crippen LogP contribution >= 0.6 is 0 Å². The molecule has 0 spiro atoms. The third-order valence-corrected chi connectivity index (χ3v) is 4.94. The second-order valence-electron chi connectivity index (χ2n) is 5.73. The number of hydrogen-bond donors (Lipinski definition) is 1. The average Bonchev–Trinajstić information content (AvgIpc) is 3.02. The summed E-state index contributed by atoms with van der Waals surface area (Å²) in [4.78, 5) is -0.0500. The number of rotatable bonds is 3. The summed E-state index contributed by atoms with van der Waals surface area (Å²) in [6.07, 6.45) is -0.624. The lowest BCUT2D eigenvalue weighted by Crippen LogP contribution is -2.11. The van der Waals surface area contributed by atoms with E-state index in [0.29, 0.717) is 34.8 Å². The van der Waals surface area contributed by atoms with E-state index in [4.69, 9.17) is 5.14 Å². The molecular weight excluding hydrogens is 370 g/mol. The number of allylic oxidation sites excluding steroid dienone is 4. The van der Waals surface area contributed by atoms with E-state index in [1.807, 2.05) is 6.08 Å². The van der Waals surface area contributed by atoms with E-state index >= 15 is 0 Å². The quantitative estimate of drug-likeness (QED) is 0.801. The van der Waals surface area contributed by atoms with Gasteiger partial charge in [-0.25, -0.2) is 17.9 Å². The average molecular weight is 383 g/mol. The first-order chi connectivity index (χ1) is 12.1. The Bertz CT molecular complexity index is 1020. The van der Waals surface area contributed by atoms with Crippen LogP contribution in [-0.4, -0.2) is 8.42 Å². The lowest BCUT2D eigenvalue weighted by atomic mass is 9.94. The van der Waals surface area contributed by atoms with Crippen LogP contribution in [0, 0.1) is 5.82 Å². The SMILES string of the molecule is NS(=O)(=O)c1ccc(C2=CCC=C2c2ccc(C(F)(F)F)c(F)c2)cc1. The minimum absolute atomic E-state index is 0.0500. The van der Waals surface area contributed by atoms with Gasteiger partial charge in [-0.3, -0.25) is 0 Å². The zero-order valence-corrected chi connectivity index (χ0v) is 14.0. The highest BCUT2D eigenvalue weighted by atomic mass is 32.2. The molecule has 8 heteroatoms. The number of hydrogen-bond acceptors (Lipinski definition) is 2. The van der Waals surface area contributed by atoms with Crippen LogP contribution < -0.4 is 5.14 Å². The third kappa shape index (κ3) is 3.56. The molecule has 1 aliphatic carbocycles. The number of primary sulfonamides is 1. The van der Waals surface area contributed by atoms with Crippen molar-refractivity contribution in [1.29, 1.82) is 0 Å². The van der Waals surface area contributed by atoms with Gasteiger partial charge in [0.25, 0.3) is 0 Å². The molecule has 3 rings (SSSR count). The van der Waals surface area contributed by atoms with Gasteiger partial charge in [0, 0.05) is 0 Å². The Labute approximate surface area is 147 Å². The number of alkyl halides is 3. The maximum Gasteiger partial charge on any atom is 0.419 e. The van der Waals surface area contributed by atoms with Crippen molar-refractivity contribution in [2.75, 3.05) is 0 Å². The molecule has 136 valence electrons. The summed E-state index contributed by atoms with van der Waals surface area (Å²) in [7, 11) is -3.82. The Hall–Kier alpha value is -2.45. The Balaban J connectivity index is 1.95. The smallest absolute Gasteiger partial charge is 0.225 e. The highest BCUT2D eigenvalue weighted by Gasteiger charge is 2.34. The molecule has 0 aromatic heterocycles. The van der Waals surface area contributed by atoms with Crippen molar-refractivity contribution in [3.05, 3.63) is 77.1 Å². The largest absolute Gasteiger partial charge is 0.419 e. The number of halogens is 4. The summed E-state index contributed by atoms with van der Waals surface area (Å²) in [5.41, 5.74) is 0.921. The molecule has 0 saturated carbocycles. The first kappa shape index (κ1) is 18.3. The van der Waals surface area contributed by atoms with Crippen LogP contribution in [0.3, 0.4) is 0 Å². The zero-order chi connectivity index (χ0) is 19.1. The fourth-order valence-electron chi connectivity index (χ4n) is 2.80. The van der Waals surface area contributed by atoms with E-state index in [2.05, 4.69) is 0 Å². The maximum atomic E-state index is 13.9. The summed E-state index contributed by atoms with van der Waals surface area (Å²) < 4.78 is 74.6. The van der Waals surface area contributed by atoms with E-state index < -0.39 is 27.6 Å². The summed E-state index contributed by atoms with van der Waals surface area (Å²) in [5, 5.41) is 5.06. The highest BCUT2D eigenvalue weighted by molar-refractivity contribution is 7.89. The van der Waals surface area contributed by atoms with Gasteiger partial charge >= 0.3 is 6.18 Å². The van der Waals surface area contributed by atoms with Crippen molar-refractivity contribution in [3.63, 3.8) is 0 Å². The van der Waals surface area contributed by atoms with Crippen LogP contribution in [0.2, 0.25) is 0 Å². The molecule has 0 aliphatic heterocycles. The van der Waals surface area contributed by atoms with Gasteiger partial charge in [-0.15, -0.1) is 0 Å². The van der Waals surface area contributed by atoms with Gasteiger partial charge in [0.1, 0.15) is 5.82 Å².